The third kappa shape index (κ3) is 21.1. The van der Waals surface area contributed by atoms with Crippen molar-refractivity contribution in [1.29, 1.82) is 0 Å². The van der Waals surface area contributed by atoms with E-state index in [1.807, 2.05) is 43.3 Å². The summed E-state index contributed by atoms with van der Waals surface area (Å²) in [5.41, 5.74) is 23.2. The molecule has 74 heavy (non-hydrogen) atoms. The van der Waals surface area contributed by atoms with Crippen LogP contribution in [0, 0.1) is 17.8 Å². The molecule has 1 aliphatic rings. The van der Waals surface area contributed by atoms with E-state index in [9.17, 15) is 53.4 Å². The van der Waals surface area contributed by atoms with Gasteiger partial charge in [0.25, 0.3) is 5.91 Å². The van der Waals surface area contributed by atoms with Gasteiger partial charge in [0.15, 0.2) is 11.9 Å². The average Bonchev–Trinajstić information content (AvgIpc) is 3.34. The van der Waals surface area contributed by atoms with Crippen molar-refractivity contribution in [1.82, 2.24) is 36.8 Å². The van der Waals surface area contributed by atoms with Gasteiger partial charge in [0.2, 0.25) is 35.4 Å². The molecule has 0 saturated carbocycles. The molecule has 0 aromatic heterocycles. The number of hydrogen-bond acceptors (Lipinski definition) is 12. The van der Waals surface area contributed by atoms with E-state index in [4.69, 9.17) is 27.7 Å². The summed E-state index contributed by atoms with van der Waals surface area (Å²) in [4.78, 5) is 130. The molecule has 1 aliphatic heterocycles. The Bertz CT molecular complexity index is 2280. The summed E-state index contributed by atoms with van der Waals surface area (Å²) >= 11 is 0. The summed E-state index contributed by atoms with van der Waals surface area (Å²) in [5, 5.41) is 35.4. The number of guanidine groups is 2. The quantitative estimate of drug-likeness (QED) is 0.0281. The van der Waals surface area contributed by atoms with Crippen molar-refractivity contribution in [2.24, 2.45) is 50.7 Å². The highest BCUT2D eigenvalue weighted by Crippen LogP contribution is 2.19. The molecule has 10 atom stereocenters. The number of amides is 7. The number of rotatable bonds is 17. The zero-order valence-corrected chi connectivity index (χ0v) is 43.1. The summed E-state index contributed by atoms with van der Waals surface area (Å²) in [6.45, 7) is 11.2. The number of nitrogens with zero attached hydrogens (tertiary/aromatic N) is 3. The van der Waals surface area contributed by atoms with Crippen LogP contribution in [0.5, 0.6) is 0 Å². The molecule has 0 radical (unpaired) electrons. The van der Waals surface area contributed by atoms with E-state index in [1.165, 1.54) is 33.9 Å². The number of carboxylic acids is 2. The van der Waals surface area contributed by atoms with Gasteiger partial charge in [-0.15, -0.1) is 0 Å². The Morgan fingerprint density at radius 1 is 0.784 bits per heavy atom. The van der Waals surface area contributed by atoms with E-state index in [0.29, 0.717) is 12.0 Å². The first kappa shape index (κ1) is 62.3. The van der Waals surface area contributed by atoms with E-state index in [1.54, 1.807) is 20.1 Å². The highest BCUT2D eigenvalue weighted by Gasteiger charge is 2.37. The zero-order valence-electron chi connectivity index (χ0n) is 43.1. The van der Waals surface area contributed by atoms with Gasteiger partial charge < -0.3 is 74.7 Å². The summed E-state index contributed by atoms with van der Waals surface area (Å²) < 4.78 is 5.81. The van der Waals surface area contributed by atoms with Gasteiger partial charge in [-0.1, -0.05) is 81.5 Å². The molecule has 25 nitrogen and oxygen atoms in total. The Balaban J connectivity index is 2.74. The van der Waals surface area contributed by atoms with E-state index < -0.39 is 120 Å². The molecule has 1 aromatic carbocycles. The van der Waals surface area contributed by atoms with Crippen LogP contribution in [0.1, 0.15) is 78.7 Å². The molecule has 3 unspecified atom stereocenters. The number of carbonyl (C=O) groups excluding carboxylic acids is 7. The van der Waals surface area contributed by atoms with Crippen LogP contribution in [0.15, 0.2) is 76.4 Å². The zero-order chi connectivity index (χ0) is 55.8. The van der Waals surface area contributed by atoms with E-state index in [2.05, 4.69) is 48.5 Å². The number of nitrogens with one attached hydrogen (secondary N) is 6. The third-order valence-corrected chi connectivity index (χ3v) is 12.2. The largest absolute Gasteiger partial charge is 0.480 e. The van der Waals surface area contributed by atoms with Crippen molar-refractivity contribution in [3.63, 3.8) is 0 Å². The fourth-order valence-electron chi connectivity index (χ4n) is 7.53. The van der Waals surface area contributed by atoms with Gasteiger partial charge in [-0.05, 0) is 57.9 Å². The molecule has 7 amide bonds. The molecular formula is C49H75N13O12. The number of aliphatic carboxylic acids is 2. The van der Waals surface area contributed by atoms with Crippen LogP contribution in [0.3, 0.4) is 0 Å². The predicted octanol–water partition coefficient (Wildman–Crippen LogP) is -1.37. The van der Waals surface area contributed by atoms with Crippen LogP contribution in [0.2, 0.25) is 0 Å². The second kappa shape index (κ2) is 30.9. The highest BCUT2D eigenvalue weighted by molar-refractivity contribution is 6.00. The second-order valence-electron chi connectivity index (χ2n) is 18.1. The molecule has 25 heteroatoms. The summed E-state index contributed by atoms with van der Waals surface area (Å²) in [6, 6.07) is 0.633. The molecule has 0 aliphatic carbocycles. The van der Waals surface area contributed by atoms with Crippen molar-refractivity contribution >= 4 is 65.2 Å². The van der Waals surface area contributed by atoms with Crippen molar-refractivity contribution in [2.45, 2.75) is 122 Å². The van der Waals surface area contributed by atoms with Gasteiger partial charge in [-0.2, -0.15) is 0 Å². The topological polar surface area (TPSA) is 408 Å². The lowest BCUT2D eigenvalue weighted by molar-refractivity contribution is -0.146. The third-order valence-electron chi connectivity index (χ3n) is 12.2. The number of carbonyl (C=O) groups is 9. The lowest BCUT2D eigenvalue weighted by Gasteiger charge is -2.28. The van der Waals surface area contributed by atoms with Gasteiger partial charge in [0, 0.05) is 39.6 Å². The number of methoxy groups -OCH3 is 1. The minimum absolute atomic E-state index is 0.00394. The van der Waals surface area contributed by atoms with Gasteiger partial charge in [-0.25, -0.2) is 9.59 Å². The van der Waals surface area contributed by atoms with Crippen LogP contribution < -0.4 is 54.8 Å². The van der Waals surface area contributed by atoms with E-state index in [0.717, 1.165) is 10.5 Å². The minimum atomic E-state index is -1.95. The molecule has 1 fully saturated rings. The number of benzene rings is 1. The summed E-state index contributed by atoms with van der Waals surface area (Å²) in [5.74, 6) is -13.1. The monoisotopic (exact) mass is 1040 g/mol. The van der Waals surface area contributed by atoms with Crippen LogP contribution >= 0.6 is 0 Å². The number of nitrogens with two attached hydrogens (primary N) is 4. The first-order valence-corrected chi connectivity index (χ1v) is 24.1. The van der Waals surface area contributed by atoms with E-state index >= 15 is 0 Å². The molecule has 408 valence electrons. The lowest BCUT2D eigenvalue weighted by atomic mass is 9.94. The minimum Gasteiger partial charge on any atom is -0.480 e. The molecule has 1 heterocycles. The van der Waals surface area contributed by atoms with Crippen LogP contribution in [-0.2, 0) is 54.3 Å². The van der Waals surface area contributed by atoms with Gasteiger partial charge in [0.05, 0.1) is 24.0 Å². The molecule has 0 spiro atoms. The van der Waals surface area contributed by atoms with Crippen molar-refractivity contribution in [2.75, 3.05) is 27.2 Å². The number of hydrogen-bond donors (Lipinski definition) is 12. The molecular weight excluding hydrogens is 963 g/mol. The Morgan fingerprint density at radius 2 is 1.32 bits per heavy atom. The molecule has 16 N–H and O–H groups in total. The normalized spacial score (nSPS) is 24.6. The highest BCUT2D eigenvalue weighted by atomic mass is 16.5. The number of ether oxygens (including phenoxy) is 1. The maximum atomic E-state index is 14.4. The Kier molecular flexibility index (Phi) is 26.0. The summed E-state index contributed by atoms with van der Waals surface area (Å²) in [6.07, 6.45) is 4.40. The Morgan fingerprint density at radius 3 is 1.85 bits per heavy atom. The van der Waals surface area contributed by atoms with Crippen LogP contribution in [0.25, 0.3) is 0 Å². The predicted molar refractivity (Wildman–Crippen MR) is 275 cm³/mol. The van der Waals surface area contributed by atoms with Crippen molar-refractivity contribution in [3.8, 4) is 0 Å². The van der Waals surface area contributed by atoms with E-state index in [-0.39, 0.29) is 62.7 Å². The Hall–Kier alpha value is -7.83. The fourth-order valence-corrected chi connectivity index (χ4v) is 7.53. The van der Waals surface area contributed by atoms with Crippen molar-refractivity contribution in [3.05, 3.63) is 72.0 Å². The average molecular weight is 1040 g/mol. The molecule has 0 bridgehead atoms. The van der Waals surface area contributed by atoms with Crippen LogP contribution in [-0.4, -0.2) is 150 Å². The fraction of sp³-hybridized carbons (Fsp3) is 0.531. The standard InChI is InChI=1S/C49H75N13O12/c1-26(24-27(2)37(74-8)25-32-14-10-9-11-15-32)18-19-33-28(3)40(64)60-36(46(70)71)20-21-38(63)62(7)31(6)43(67)56-30(5)42(66)59-35(17-13-23-55-49(52)53)45(69)61-39(47(72)73)29(4)41(65)58-34(44(68)57-33)16-12-22-54-48(50)51/h9-11,14-15,18-19,24,27-30,33-37,39H,6,12-13,16-17,20-23,25H2,1-5,7-8H3,(H,56,67)(H,57,68)(H,58,65)(H,59,66)(H,60,64)(H,61,69)(H,70,71)(H,72,73)(H4,50,51,54)(H4,52,53,55)/b19-18+,26-24+/t27-,28-,29+,30+,33?,34?,35-,36+,37-,39?/m0/s1. The lowest BCUT2D eigenvalue weighted by Crippen LogP contribution is -2.59. The van der Waals surface area contributed by atoms with Crippen LogP contribution in [0.4, 0.5) is 0 Å². The smallest absolute Gasteiger partial charge is 0.327 e. The molecule has 1 saturated heterocycles. The van der Waals surface area contributed by atoms with Gasteiger partial charge in [0.1, 0.15) is 35.9 Å². The van der Waals surface area contributed by atoms with Gasteiger partial charge in [-0.3, -0.25) is 43.5 Å². The molecule has 1 aromatic rings. The Labute approximate surface area is 430 Å². The number of likely N-dealkylation sites (N-methyl/N-ethyl adjacent to an activating group) is 1. The first-order chi connectivity index (χ1) is 34.8. The molecule has 2 rings (SSSR count). The van der Waals surface area contributed by atoms with Crippen molar-refractivity contribution < 1.29 is 58.1 Å². The first-order valence-electron chi connectivity index (χ1n) is 24.1. The maximum Gasteiger partial charge on any atom is 0.327 e. The summed E-state index contributed by atoms with van der Waals surface area (Å²) in [7, 11) is 2.80. The number of carboxylic acid groups (broad SMARTS) is 2. The SMILES string of the molecule is C=C1C(=O)N[C@H](C)C(=O)N[C@@H](CCCN=C(N)N)C(=O)NC(C(=O)O)[C@@H](C)C(=O)NC(CCCN=C(N)N)C(=O)NC(/C=C/C(C)=C/[C@H](C)[C@H](Cc2ccccc2)OC)[C@H](C)C(=O)N[C@@H](C(=O)O)CCC(=O)N1C. The number of aliphatic imine (C=N–C) groups is 2. The second-order valence-corrected chi connectivity index (χ2v) is 18.1. The van der Waals surface area contributed by atoms with Gasteiger partial charge >= 0.3 is 11.9 Å². The number of allylic oxidation sites excluding steroid dienone is 2. The maximum absolute atomic E-state index is 14.4.